The van der Waals surface area contributed by atoms with Crippen LogP contribution >= 0.6 is 0 Å². The first kappa shape index (κ1) is 19.9. The Kier molecular flexibility index (Phi) is 5.90. The average molecular weight is 389 g/mol. The number of hydrogen-bond acceptors (Lipinski definition) is 5. The van der Waals surface area contributed by atoms with E-state index in [-0.39, 0.29) is 17.3 Å². The first-order valence-corrected chi connectivity index (χ1v) is 11.5. The molecule has 0 saturated carbocycles. The molecular weight excluding hydrogens is 364 g/mol. The van der Waals surface area contributed by atoms with Gasteiger partial charge in [0, 0.05) is 19.3 Å². The van der Waals surface area contributed by atoms with Crippen LogP contribution in [0.2, 0.25) is 0 Å². The SMILES string of the molecule is Cc1ccc(C)c(S(=O)(=O)NCC(=O)N2CCC(S(C)(=O)=O)CC2)c1. The van der Waals surface area contributed by atoms with Crippen molar-refractivity contribution < 1.29 is 21.6 Å². The van der Waals surface area contributed by atoms with Crippen LogP contribution in [0.25, 0.3) is 0 Å². The standard InChI is InChI=1S/C16H24N2O5S2/c1-12-4-5-13(2)15(10-12)25(22,23)17-11-16(19)18-8-6-14(7-9-18)24(3,20)21/h4-5,10,14,17H,6-9,11H2,1-3H3. The molecule has 0 atom stereocenters. The molecule has 1 amide bonds. The number of aryl methyl sites for hydroxylation is 2. The molecular formula is C16H24N2O5S2. The van der Waals surface area contributed by atoms with Gasteiger partial charge in [-0.15, -0.1) is 0 Å². The zero-order chi connectivity index (χ0) is 18.8. The Balaban J connectivity index is 1.97. The predicted molar refractivity (Wildman–Crippen MR) is 95.6 cm³/mol. The van der Waals surface area contributed by atoms with Gasteiger partial charge in [0.2, 0.25) is 15.9 Å². The zero-order valence-electron chi connectivity index (χ0n) is 14.6. The van der Waals surface area contributed by atoms with E-state index in [1.165, 1.54) is 11.2 Å². The number of benzene rings is 1. The van der Waals surface area contributed by atoms with Gasteiger partial charge in [0.1, 0.15) is 9.84 Å². The van der Waals surface area contributed by atoms with E-state index in [1.807, 2.05) is 6.07 Å². The predicted octanol–water partition coefficient (Wildman–Crippen LogP) is 0.617. The molecule has 0 radical (unpaired) electrons. The Hall–Kier alpha value is -1.45. The van der Waals surface area contributed by atoms with Crippen LogP contribution < -0.4 is 4.72 Å². The first-order valence-electron chi connectivity index (χ1n) is 8.04. The number of sulfone groups is 1. The molecule has 1 heterocycles. The van der Waals surface area contributed by atoms with Gasteiger partial charge < -0.3 is 4.90 Å². The Bertz CT molecular complexity index is 855. The van der Waals surface area contributed by atoms with E-state index >= 15 is 0 Å². The number of carbonyl (C=O) groups is 1. The Morgan fingerprint density at radius 3 is 2.32 bits per heavy atom. The third kappa shape index (κ3) is 5.02. The minimum atomic E-state index is -3.77. The number of rotatable bonds is 5. The van der Waals surface area contributed by atoms with E-state index in [0.717, 1.165) is 5.56 Å². The summed E-state index contributed by atoms with van der Waals surface area (Å²) in [6.45, 7) is 3.81. The second-order valence-electron chi connectivity index (χ2n) is 6.50. The maximum absolute atomic E-state index is 12.4. The highest BCUT2D eigenvalue weighted by molar-refractivity contribution is 7.91. The van der Waals surface area contributed by atoms with Crippen molar-refractivity contribution in [2.75, 3.05) is 25.9 Å². The number of sulfonamides is 1. The Morgan fingerprint density at radius 2 is 1.76 bits per heavy atom. The van der Waals surface area contributed by atoms with Crippen molar-refractivity contribution in [1.82, 2.24) is 9.62 Å². The summed E-state index contributed by atoms with van der Waals surface area (Å²) in [6, 6.07) is 5.12. The number of nitrogens with one attached hydrogen (secondary N) is 1. The van der Waals surface area contributed by atoms with Crippen molar-refractivity contribution in [2.24, 2.45) is 0 Å². The number of amides is 1. The molecule has 1 saturated heterocycles. The van der Waals surface area contributed by atoms with Crippen LogP contribution in [0, 0.1) is 13.8 Å². The fraction of sp³-hybridized carbons (Fsp3) is 0.562. The van der Waals surface area contributed by atoms with E-state index in [1.54, 1.807) is 26.0 Å². The van der Waals surface area contributed by atoms with Crippen molar-refractivity contribution in [1.29, 1.82) is 0 Å². The highest BCUT2D eigenvalue weighted by Gasteiger charge is 2.29. The highest BCUT2D eigenvalue weighted by Crippen LogP contribution is 2.18. The molecule has 0 unspecified atom stereocenters. The molecule has 1 aliphatic heterocycles. The summed E-state index contributed by atoms with van der Waals surface area (Å²) >= 11 is 0. The number of likely N-dealkylation sites (tertiary alicyclic amines) is 1. The second-order valence-corrected chi connectivity index (χ2v) is 10.6. The van der Waals surface area contributed by atoms with Crippen LogP contribution in [0.15, 0.2) is 23.1 Å². The van der Waals surface area contributed by atoms with Crippen LogP contribution in [0.4, 0.5) is 0 Å². The van der Waals surface area contributed by atoms with Gasteiger partial charge >= 0.3 is 0 Å². The number of carbonyl (C=O) groups excluding carboxylic acids is 1. The maximum Gasteiger partial charge on any atom is 0.241 e. The average Bonchev–Trinajstić information content (AvgIpc) is 2.54. The minimum Gasteiger partial charge on any atom is -0.341 e. The van der Waals surface area contributed by atoms with E-state index in [2.05, 4.69) is 4.72 Å². The van der Waals surface area contributed by atoms with Crippen LogP contribution in [0.3, 0.4) is 0 Å². The monoisotopic (exact) mass is 388 g/mol. The summed E-state index contributed by atoms with van der Waals surface area (Å²) in [7, 11) is -6.88. The van der Waals surface area contributed by atoms with Crippen molar-refractivity contribution in [3.05, 3.63) is 29.3 Å². The van der Waals surface area contributed by atoms with Gasteiger partial charge in [-0.2, -0.15) is 0 Å². The smallest absolute Gasteiger partial charge is 0.241 e. The van der Waals surface area contributed by atoms with Gasteiger partial charge in [-0.25, -0.2) is 21.6 Å². The summed E-state index contributed by atoms with van der Waals surface area (Å²) < 4.78 is 50.3. The van der Waals surface area contributed by atoms with E-state index in [9.17, 15) is 21.6 Å². The van der Waals surface area contributed by atoms with Crippen LogP contribution in [-0.4, -0.2) is 58.8 Å². The number of nitrogens with zero attached hydrogens (tertiary/aromatic N) is 1. The normalized spacial score (nSPS) is 16.8. The Morgan fingerprint density at radius 1 is 1.16 bits per heavy atom. The molecule has 0 aromatic heterocycles. The molecule has 140 valence electrons. The molecule has 0 bridgehead atoms. The summed E-state index contributed by atoms with van der Waals surface area (Å²) in [5.41, 5.74) is 1.43. The van der Waals surface area contributed by atoms with Gasteiger partial charge in [-0.1, -0.05) is 12.1 Å². The lowest BCUT2D eigenvalue weighted by molar-refractivity contribution is -0.130. The molecule has 2 rings (SSSR count). The molecule has 0 spiro atoms. The lowest BCUT2D eigenvalue weighted by Gasteiger charge is -2.31. The molecule has 0 aliphatic carbocycles. The molecule has 7 nitrogen and oxygen atoms in total. The molecule has 9 heteroatoms. The van der Waals surface area contributed by atoms with Gasteiger partial charge in [0.15, 0.2) is 0 Å². The Labute approximate surface area is 149 Å². The largest absolute Gasteiger partial charge is 0.341 e. The molecule has 1 aliphatic rings. The van der Waals surface area contributed by atoms with Crippen molar-refractivity contribution in [2.45, 2.75) is 36.8 Å². The lowest BCUT2D eigenvalue weighted by atomic mass is 10.1. The fourth-order valence-corrected chi connectivity index (χ4v) is 5.25. The van der Waals surface area contributed by atoms with Crippen LogP contribution in [0.1, 0.15) is 24.0 Å². The third-order valence-electron chi connectivity index (χ3n) is 4.45. The van der Waals surface area contributed by atoms with Gasteiger partial charge in [-0.3, -0.25) is 4.79 Å². The zero-order valence-corrected chi connectivity index (χ0v) is 16.3. The van der Waals surface area contributed by atoms with Crippen molar-refractivity contribution >= 4 is 25.8 Å². The third-order valence-corrected chi connectivity index (χ3v) is 7.67. The van der Waals surface area contributed by atoms with Gasteiger partial charge in [-0.05, 0) is 43.9 Å². The molecule has 1 aromatic rings. The fourth-order valence-electron chi connectivity index (χ4n) is 2.88. The van der Waals surface area contributed by atoms with E-state index < -0.39 is 25.1 Å². The van der Waals surface area contributed by atoms with Crippen molar-refractivity contribution in [3.8, 4) is 0 Å². The van der Waals surface area contributed by atoms with Gasteiger partial charge in [0.25, 0.3) is 0 Å². The molecule has 25 heavy (non-hydrogen) atoms. The summed E-state index contributed by atoms with van der Waals surface area (Å²) in [5.74, 6) is -0.346. The topological polar surface area (TPSA) is 101 Å². The molecule has 1 N–H and O–H groups in total. The number of piperidine rings is 1. The molecule has 1 aromatic carbocycles. The van der Waals surface area contributed by atoms with E-state index in [4.69, 9.17) is 0 Å². The number of hydrogen-bond donors (Lipinski definition) is 1. The first-order chi connectivity index (χ1) is 11.5. The van der Waals surface area contributed by atoms with E-state index in [0.29, 0.717) is 31.5 Å². The maximum atomic E-state index is 12.4. The molecule has 1 fully saturated rings. The quantitative estimate of drug-likeness (QED) is 0.797. The highest BCUT2D eigenvalue weighted by atomic mass is 32.2. The second kappa shape index (κ2) is 7.43. The van der Waals surface area contributed by atoms with Gasteiger partial charge in [0.05, 0.1) is 16.7 Å². The summed E-state index contributed by atoms with van der Waals surface area (Å²) in [6.07, 6.45) is 1.97. The lowest BCUT2D eigenvalue weighted by Crippen LogP contribution is -2.46. The van der Waals surface area contributed by atoms with Crippen LogP contribution in [0.5, 0.6) is 0 Å². The summed E-state index contributed by atoms with van der Waals surface area (Å²) in [4.78, 5) is 13.9. The summed E-state index contributed by atoms with van der Waals surface area (Å²) in [5, 5.41) is -0.428. The van der Waals surface area contributed by atoms with Crippen LogP contribution in [-0.2, 0) is 24.7 Å². The van der Waals surface area contributed by atoms with Crippen molar-refractivity contribution in [3.63, 3.8) is 0 Å². The minimum absolute atomic E-state index is 0.163.